The first-order valence-corrected chi connectivity index (χ1v) is 9.79. The second kappa shape index (κ2) is 7.65. The Kier molecular flexibility index (Phi) is 5.71. The summed E-state index contributed by atoms with van der Waals surface area (Å²) in [5.74, 6) is 0.174. The molecule has 1 aliphatic heterocycles. The molecule has 1 aliphatic carbocycles. The molecule has 138 valence electrons. The second-order valence-electron chi connectivity index (χ2n) is 8.08. The highest BCUT2D eigenvalue weighted by molar-refractivity contribution is 6.30. The molecule has 1 amide bonds. The Bertz CT molecular complexity index is 588. The molecule has 1 heterocycles. The van der Waals surface area contributed by atoms with Gasteiger partial charge in [-0.15, -0.1) is 0 Å². The number of quaternary nitrogens is 1. The quantitative estimate of drug-likeness (QED) is 0.837. The monoisotopic (exact) mass is 365 g/mol. The van der Waals surface area contributed by atoms with E-state index in [4.69, 9.17) is 16.3 Å². The summed E-state index contributed by atoms with van der Waals surface area (Å²) in [6.45, 7) is 8.78. The number of morpholine rings is 1. The Morgan fingerprint density at radius 3 is 2.40 bits per heavy atom. The molecule has 2 N–H and O–H groups in total. The van der Waals surface area contributed by atoms with E-state index in [9.17, 15) is 4.79 Å². The lowest BCUT2D eigenvalue weighted by atomic mass is 9.78. The van der Waals surface area contributed by atoms with Gasteiger partial charge in [-0.25, -0.2) is 0 Å². The Morgan fingerprint density at radius 2 is 1.80 bits per heavy atom. The summed E-state index contributed by atoms with van der Waals surface area (Å²) < 4.78 is 5.47. The van der Waals surface area contributed by atoms with Crippen LogP contribution in [0.4, 0.5) is 0 Å². The Balaban J connectivity index is 1.70. The standard InChI is InChI=1S/C20H29ClN2O2/c1-19(2,23-11-13-25-14-12-23)15-22-18(24)20(9-3-4-10-20)16-5-7-17(21)8-6-16/h5-8H,3-4,9-15H2,1-2H3,(H,22,24)/p+1. The third kappa shape index (κ3) is 4.02. The predicted octanol–water partition coefficient (Wildman–Crippen LogP) is 1.96. The highest BCUT2D eigenvalue weighted by Crippen LogP contribution is 2.41. The minimum atomic E-state index is -0.388. The van der Waals surface area contributed by atoms with Crippen molar-refractivity contribution in [3.05, 3.63) is 34.9 Å². The van der Waals surface area contributed by atoms with Gasteiger partial charge in [-0.1, -0.05) is 36.6 Å². The number of ether oxygens (including phenoxy) is 1. The summed E-state index contributed by atoms with van der Waals surface area (Å²) in [6, 6.07) is 7.83. The molecule has 5 heteroatoms. The third-order valence-corrected chi connectivity index (χ3v) is 6.28. The van der Waals surface area contributed by atoms with Crippen LogP contribution in [-0.2, 0) is 14.9 Å². The van der Waals surface area contributed by atoms with Gasteiger partial charge in [0.05, 0.1) is 25.2 Å². The van der Waals surface area contributed by atoms with Crippen molar-refractivity contribution in [3.63, 3.8) is 0 Å². The maximum Gasteiger partial charge on any atom is 0.230 e. The summed E-state index contributed by atoms with van der Waals surface area (Å²) in [4.78, 5) is 14.7. The van der Waals surface area contributed by atoms with Gasteiger partial charge in [-0.05, 0) is 44.4 Å². The van der Waals surface area contributed by atoms with Crippen LogP contribution in [0.3, 0.4) is 0 Å². The molecule has 25 heavy (non-hydrogen) atoms. The number of carbonyl (C=O) groups is 1. The Morgan fingerprint density at radius 1 is 1.20 bits per heavy atom. The van der Waals surface area contributed by atoms with E-state index in [1.165, 1.54) is 4.90 Å². The van der Waals surface area contributed by atoms with Crippen LogP contribution in [0.2, 0.25) is 5.02 Å². The lowest BCUT2D eigenvalue weighted by molar-refractivity contribution is -0.954. The van der Waals surface area contributed by atoms with E-state index in [0.29, 0.717) is 11.6 Å². The topological polar surface area (TPSA) is 42.8 Å². The molecule has 2 fully saturated rings. The summed E-state index contributed by atoms with van der Waals surface area (Å²) in [7, 11) is 0. The van der Waals surface area contributed by atoms with Crippen molar-refractivity contribution in [2.45, 2.75) is 50.5 Å². The molecule has 1 aromatic rings. The number of carbonyl (C=O) groups excluding carboxylic acids is 1. The minimum absolute atomic E-state index is 0.0131. The maximum atomic E-state index is 13.2. The van der Waals surface area contributed by atoms with Crippen LogP contribution in [0.5, 0.6) is 0 Å². The van der Waals surface area contributed by atoms with E-state index in [1.54, 1.807) is 0 Å². The molecule has 1 aromatic carbocycles. The van der Waals surface area contributed by atoms with Gasteiger partial charge in [-0.3, -0.25) is 4.79 Å². The second-order valence-corrected chi connectivity index (χ2v) is 8.52. The zero-order valence-electron chi connectivity index (χ0n) is 15.4. The zero-order chi connectivity index (χ0) is 17.9. The number of rotatable bonds is 5. The number of amides is 1. The lowest BCUT2D eigenvalue weighted by Gasteiger charge is -2.38. The van der Waals surface area contributed by atoms with Gasteiger partial charge in [-0.2, -0.15) is 0 Å². The van der Waals surface area contributed by atoms with Crippen LogP contribution in [0, 0.1) is 0 Å². The number of hydrogen-bond acceptors (Lipinski definition) is 2. The van der Waals surface area contributed by atoms with Gasteiger partial charge >= 0.3 is 0 Å². The minimum Gasteiger partial charge on any atom is -0.370 e. The van der Waals surface area contributed by atoms with Crippen LogP contribution in [0.25, 0.3) is 0 Å². The average Bonchev–Trinajstić information content (AvgIpc) is 3.12. The Labute approximate surface area is 155 Å². The molecule has 0 bridgehead atoms. The van der Waals surface area contributed by atoms with Crippen molar-refractivity contribution in [2.24, 2.45) is 0 Å². The summed E-state index contributed by atoms with van der Waals surface area (Å²) in [6.07, 6.45) is 4.05. The molecule has 1 saturated heterocycles. The largest absolute Gasteiger partial charge is 0.370 e. The third-order valence-electron chi connectivity index (χ3n) is 6.03. The molecule has 0 atom stereocenters. The van der Waals surface area contributed by atoms with E-state index in [0.717, 1.165) is 57.6 Å². The molecule has 0 spiro atoms. The van der Waals surface area contributed by atoms with Gasteiger partial charge in [0.25, 0.3) is 0 Å². The molecule has 0 aromatic heterocycles. The van der Waals surface area contributed by atoms with Crippen molar-refractivity contribution in [3.8, 4) is 0 Å². The predicted molar refractivity (Wildman–Crippen MR) is 100 cm³/mol. The van der Waals surface area contributed by atoms with Crippen molar-refractivity contribution in [2.75, 3.05) is 32.8 Å². The number of halogens is 1. The average molecular weight is 366 g/mol. The number of hydrogen-bond donors (Lipinski definition) is 2. The van der Waals surface area contributed by atoms with E-state index in [2.05, 4.69) is 19.2 Å². The van der Waals surface area contributed by atoms with Crippen LogP contribution in [0.1, 0.15) is 45.1 Å². The molecular weight excluding hydrogens is 336 g/mol. The number of benzene rings is 1. The fraction of sp³-hybridized carbons (Fsp3) is 0.650. The van der Waals surface area contributed by atoms with Gasteiger partial charge < -0.3 is 15.0 Å². The first-order chi connectivity index (χ1) is 11.9. The SMILES string of the molecule is CC(C)(CNC(=O)C1(c2ccc(Cl)cc2)CCCC1)[NH+]1CCOCC1. The fourth-order valence-corrected chi connectivity index (χ4v) is 4.41. The van der Waals surface area contributed by atoms with Gasteiger partial charge in [0.15, 0.2) is 0 Å². The summed E-state index contributed by atoms with van der Waals surface area (Å²) >= 11 is 6.04. The zero-order valence-corrected chi connectivity index (χ0v) is 16.1. The lowest BCUT2D eigenvalue weighted by Crippen LogP contribution is -3.22. The maximum absolute atomic E-state index is 13.2. The van der Waals surface area contributed by atoms with E-state index in [-0.39, 0.29) is 16.9 Å². The summed E-state index contributed by atoms with van der Waals surface area (Å²) in [5.41, 5.74) is 0.726. The highest BCUT2D eigenvalue weighted by Gasteiger charge is 2.43. The van der Waals surface area contributed by atoms with Crippen molar-refractivity contribution < 1.29 is 14.4 Å². The van der Waals surface area contributed by atoms with Gasteiger partial charge in [0.2, 0.25) is 5.91 Å². The van der Waals surface area contributed by atoms with Crippen LogP contribution in [-0.4, -0.2) is 44.3 Å². The molecule has 0 unspecified atom stereocenters. The molecular formula is C20H30ClN2O2+. The normalized spacial score (nSPS) is 21.2. The van der Waals surface area contributed by atoms with Gasteiger partial charge in [0, 0.05) is 5.02 Å². The van der Waals surface area contributed by atoms with E-state index in [1.807, 2.05) is 24.3 Å². The van der Waals surface area contributed by atoms with Crippen molar-refractivity contribution >= 4 is 17.5 Å². The van der Waals surface area contributed by atoms with Crippen molar-refractivity contribution in [1.29, 1.82) is 0 Å². The highest BCUT2D eigenvalue weighted by atomic mass is 35.5. The van der Waals surface area contributed by atoms with Crippen LogP contribution >= 0.6 is 11.6 Å². The molecule has 1 saturated carbocycles. The smallest absolute Gasteiger partial charge is 0.230 e. The Hall–Kier alpha value is -1.10. The molecule has 2 aliphatic rings. The number of nitrogens with one attached hydrogen (secondary N) is 2. The fourth-order valence-electron chi connectivity index (χ4n) is 4.28. The van der Waals surface area contributed by atoms with E-state index < -0.39 is 0 Å². The first kappa shape index (κ1) is 18.7. The van der Waals surface area contributed by atoms with Crippen LogP contribution in [0.15, 0.2) is 24.3 Å². The molecule has 4 nitrogen and oxygen atoms in total. The first-order valence-electron chi connectivity index (χ1n) is 9.41. The van der Waals surface area contributed by atoms with Crippen molar-refractivity contribution in [1.82, 2.24) is 5.32 Å². The molecule has 3 rings (SSSR count). The molecule has 0 radical (unpaired) electrons. The van der Waals surface area contributed by atoms with E-state index >= 15 is 0 Å². The summed E-state index contributed by atoms with van der Waals surface area (Å²) in [5, 5.41) is 4.00. The van der Waals surface area contributed by atoms with Crippen LogP contribution < -0.4 is 10.2 Å². The van der Waals surface area contributed by atoms with Gasteiger partial charge in [0.1, 0.15) is 18.6 Å².